The standard InChI is InChI=1S/C18H21N3O2S2/c1-24-18-20-14-7-6-12(9-15(14)25-18)19-17(23)11-8-16(22)21(10-11)13-4-2-3-5-13/h6-7,9,11,13H,2-5,8,10H2,1H3,(H,19,23). The number of likely N-dealkylation sites (tertiary alicyclic amines) is 1. The van der Waals surface area contributed by atoms with E-state index in [-0.39, 0.29) is 17.7 Å². The van der Waals surface area contributed by atoms with Gasteiger partial charge in [-0.05, 0) is 37.3 Å². The third-order valence-corrected chi connectivity index (χ3v) is 7.11. The highest BCUT2D eigenvalue weighted by Crippen LogP contribution is 2.32. The van der Waals surface area contributed by atoms with Crippen LogP contribution < -0.4 is 5.32 Å². The van der Waals surface area contributed by atoms with Crippen molar-refractivity contribution in [2.45, 2.75) is 42.5 Å². The van der Waals surface area contributed by atoms with Gasteiger partial charge in [-0.1, -0.05) is 24.6 Å². The van der Waals surface area contributed by atoms with Crippen molar-refractivity contribution in [1.29, 1.82) is 0 Å². The van der Waals surface area contributed by atoms with Crippen molar-refractivity contribution < 1.29 is 9.59 Å². The Labute approximate surface area is 155 Å². The Hall–Kier alpha value is -1.60. The molecule has 1 aliphatic heterocycles. The first-order valence-electron chi connectivity index (χ1n) is 8.69. The van der Waals surface area contributed by atoms with Gasteiger partial charge >= 0.3 is 0 Å². The average Bonchev–Trinajstić information content (AvgIpc) is 3.32. The first-order valence-corrected chi connectivity index (χ1v) is 10.7. The lowest BCUT2D eigenvalue weighted by Gasteiger charge is -2.23. The zero-order chi connectivity index (χ0) is 17.4. The van der Waals surface area contributed by atoms with Gasteiger partial charge in [0.15, 0.2) is 4.34 Å². The van der Waals surface area contributed by atoms with Gasteiger partial charge in [0.05, 0.1) is 16.1 Å². The molecule has 2 aliphatic rings. The average molecular weight is 376 g/mol. The van der Waals surface area contributed by atoms with Gasteiger partial charge < -0.3 is 10.2 Å². The Morgan fingerprint density at radius 2 is 2.16 bits per heavy atom. The molecule has 1 aromatic heterocycles. The molecule has 0 spiro atoms. The van der Waals surface area contributed by atoms with Gasteiger partial charge in [0.2, 0.25) is 11.8 Å². The minimum atomic E-state index is -0.244. The van der Waals surface area contributed by atoms with E-state index < -0.39 is 0 Å². The lowest BCUT2D eigenvalue weighted by atomic mass is 10.1. The van der Waals surface area contributed by atoms with Crippen LogP contribution in [0.15, 0.2) is 22.5 Å². The van der Waals surface area contributed by atoms with E-state index >= 15 is 0 Å². The van der Waals surface area contributed by atoms with Crippen molar-refractivity contribution >= 4 is 50.8 Å². The van der Waals surface area contributed by atoms with Crippen LogP contribution in [0, 0.1) is 5.92 Å². The molecule has 2 aromatic rings. The number of fused-ring (bicyclic) bond motifs is 1. The minimum Gasteiger partial charge on any atom is -0.339 e. The second-order valence-corrected chi connectivity index (χ2v) is 8.83. The van der Waals surface area contributed by atoms with Crippen LogP contribution in [0.3, 0.4) is 0 Å². The summed E-state index contributed by atoms with van der Waals surface area (Å²) >= 11 is 3.25. The van der Waals surface area contributed by atoms with E-state index in [9.17, 15) is 9.59 Å². The Bertz CT molecular complexity index is 814. The summed E-state index contributed by atoms with van der Waals surface area (Å²) in [5.74, 6) is -0.163. The van der Waals surface area contributed by atoms with Crippen LogP contribution in [0.4, 0.5) is 5.69 Å². The molecule has 2 amide bonds. The smallest absolute Gasteiger partial charge is 0.229 e. The molecule has 7 heteroatoms. The number of amides is 2. The SMILES string of the molecule is CSc1nc2ccc(NC(=O)C3CC(=O)N(C4CCCC4)C3)cc2s1. The molecular formula is C18H21N3O2S2. The summed E-state index contributed by atoms with van der Waals surface area (Å²) in [6, 6.07) is 6.14. The maximum Gasteiger partial charge on any atom is 0.229 e. The minimum absolute atomic E-state index is 0.0530. The zero-order valence-electron chi connectivity index (χ0n) is 14.2. The lowest BCUT2D eigenvalue weighted by Crippen LogP contribution is -2.35. The normalized spacial score (nSPS) is 21.4. The summed E-state index contributed by atoms with van der Waals surface area (Å²) in [6.07, 6.45) is 6.89. The molecule has 1 aromatic carbocycles. The number of carbonyl (C=O) groups excluding carboxylic acids is 2. The number of carbonyl (C=O) groups is 2. The van der Waals surface area contributed by atoms with Crippen molar-refractivity contribution in [3.05, 3.63) is 18.2 Å². The highest BCUT2D eigenvalue weighted by Gasteiger charge is 2.38. The van der Waals surface area contributed by atoms with Crippen LogP contribution in [0.1, 0.15) is 32.1 Å². The van der Waals surface area contributed by atoms with Gasteiger partial charge in [0, 0.05) is 24.7 Å². The van der Waals surface area contributed by atoms with Crippen molar-refractivity contribution in [2.24, 2.45) is 5.92 Å². The molecule has 132 valence electrons. The largest absolute Gasteiger partial charge is 0.339 e. The van der Waals surface area contributed by atoms with Gasteiger partial charge in [-0.2, -0.15) is 0 Å². The lowest BCUT2D eigenvalue weighted by molar-refractivity contribution is -0.129. The molecule has 1 unspecified atom stereocenters. The predicted molar refractivity (Wildman–Crippen MR) is 102 cm³/mol. The predicted octanol–water partition coefficient (Wildman–Crippen LogP) is 3.75. The van der Waals surface area contributed by atoms with Gasteiger partial charge in [-0.25, -0.2) is 4.98 Å². The summed E-state index contributed by atoms with van der Waals surface area (Å²) in [7, 11) is 0. The molecule has 25 heavy (non-hydrogen) atoms. The van der Waals surface area contributed by atoms with Crippen molar-refractivity contribution in [1.82, 2.24) is 9.88 Å². The van der Waals surface area contributed by atoms with Crippen LogP contribution in [-0.4, -0.2) is 40.5 Å². The van der Waals surface area contributed by atoms with E-state index in [1.165, 1.54) is 12.8 Å². The fourth-order valence-corrected chi connectivity index (χ4v) is 5.32. The fourth-order valence-electron chi connectivity index (χ4n) is 3.79. The van der Waals surface area contributed by atoms with Gasteiger partial charge in [0.1, 0.15) is 0 Å². The van der Waals surface area contributed by atoms with Gasteiger partial charge in [-0.3, -0.25) is 9.59 Å². The van der Waals surface area contributed by atoms with Crippen molar-refractivity contribution in [3.63, 3.8) is 0 Å². The maximum atomic E-state index is 12.6. The molecule has 0 bridgehead atoms. The summed E-state index contributed by atoms with van der Waals surface area (Å²) < 4.78 is 2.09. The number of hydrogen-bond acceptors (Lipinski definition) is 5. The van der Waals surface area contributed by atoms with Crippen LogP contribution in [0.2, 0.25) is 0 Å². The first-order chi connectivity index (χ1) is 12.1. The summed E-state index contributed by atoms with van der Waals surface area (Å²) in [5, 5.41) is 2.99. The van der Waals surface area contributed by atoms with Crippen molar-refractivity contribution in [2.75, 3.05) is 18.1 Å². The van der Waals surface area contributed by atoms with Crippen LogP contribution in [0.5, 0.6) is 0 Å². The Balaban J connectivity index is 1.44. The number of aromatic nitrogens is 1. The highest BCUT2D eigenvalue weighted by molar-refractivity contribution is 8.00. The molecule has 4 rings (SSSR count). The number of thioether (sulfide) groups is 1. The number of nitrogens with one attached hydrogen (secondary N) is 1. The number of nitrogens with zero attached hydrogens (tertiary/aromatic N) is 2. The number of benzene rings is 1. The molecule has 1 saturated heterocycles. The van der Waals surface area contributed by atoms with Gasteiger partial charge in [0.25, 0.3) is 0 Å². The number of hydrogen-bond donors (Lipinski definition) is 1. The molecule has 1 saturated carbocycles. The summed E-state index contributed by atoms with van der Waals surface area (Å²) in [6.45, 7) is 0.564. The molecular weight excluding hydrogens is 354 g/mol. The van der Waals surface area contributed by atoms with E-state index in [0.717, 1.165) is 33.1 Å². The Morgan fingerprint density at radius 1 is 1.36 bits per heavy atom. The molecule has 1 aliphatic carbocycles. The third kappa shape index (κ3) is 3.40. The summed E-state index contributed by atoms with van der Waals surface area (Å²) in [5.41, 5.74) is 1.73. The summed E-state index contributed by atoms with van der Waals surface area (Å²) in [4.78, 5) is 31.3. The maximum absolute atomic E-state index is 12.6. The fraction of sp³-hybridized carbons (Fsp3) is 0.500. The monoisotopic (exact) mass is 375 g/mol. The Morgan fingerprint density at radius 3 is 2.92 bits per heavy atom. The number of thiazole rings is 1. The molecule has 5 nitrogen and oxygen atoms in total. The van der Waals surface area contributed by atoms with E-state index in [4.69, 9.17) is 0 Å². The topological polar surface area (TPSA) is 62.3 Å². The first kappa shape index (κ1) is 16.8. The second kappa shape index (κ2) is 6.96. The van der Waals surface area contributed by atoms with Crippen molar-refractivity contribution in [3.8, 4) is 0 Å². The highest BCUT2D eigenvalue weighted by atomic mass is 32.2. The molecule has 0 radical (unpaired) electrons. The zero-order valence-corrected chi connectivity index (χ0v) is 15.8. The van der Waals surface area contributed by atoms with Crippen LogP contribution >= 0.6 is 23.1 Å². The van der Waals surface area contributed by atoms with E-state index in [0.29, 0.717) is 19.0 Å². The van der Waals surface area contributed by atoms with Gasteiger partial charge in [-0.15, -0.1) is 11.3 Å². The quantitative estimate of drug-likeness (QED) is 0.827. The van der Waals surface area contributed by atoms with Crippen LogP contribution in [0.25, 0.3) is 10.2 Å². The molecule has 1 atom stereocenters. The Kier molecular flexibility index (Phi) is 4.69. The van der Waals surface area contributed by atoms with E-state index in [1.54, 1.807) is 23.1 Å². The number of rotatable bonds is 4. The van der Waals surface area contributed by atoms with E-state index in [2.05, 4.69) is 10.3 Å². The number of anilines is 1. The van der Waals surface area contributed by atoms with E-state index in [1.807, 2.05) is 29.4 Å². The molecule has 2 fully saturated rings. The molecule has 1 N–H and O–H groups in total. The third-order valence-electron chi connectivity index (χ3n) is 5.11. The second-order valence-electron chi connectivity index (χ2n) is 6.74. The molecule has 2 heterocycles. The van der Waals surface area contributed by atoms with Crippen LogP contribution in [-0.2, 0) is 9.59 Å².